The first-order valence-corrected chi connectivity index (χ1v) is 9.24. The molecule has 2 aromatic rings. The van der Waals surface area contributed by atoms with E-state index in [2.05, 4.69) is 10.6 Å². The maximum absolute atomic E-state index is 13.0. The first-order valence-electron chi connectivity index (χ1n) is 9.24. The van der Waals surface area contributed by atoms with Gasteiger partial charge in [0.1, 0.15) is 0 Å². The third-order valence-electron chi connectivity index (χ3n) is 4.44. The van der Waals surface area contributed by atoms with Gasteiger partial charge in [0.05, 0.1) is 37.6 Å². The Kier molecular flexibility index (Phi) is 6.07. The monoisotopic (exact) mass is 396 g/mol. The maximum atomic E-state index is 13.0. The first kappa shape index (κ1) is 20.3. The van der Waals surface area contributed by atoms with E-state index in [1.54, 1.807) is 39.2 Å². The van der Waals surface area contributed by atoms with Crippen LogP contribution in [0.1, 0.15) is 31.0 Å². The molecule has 2 aromatic carbocycles. The fourth-order valence-electron chi connectivity index (χ4n) is 3.18. The molecule has 1 aliphatic heterocycles. The van der Waals surface area contributed by atoms with Crippen molar-refractivity contribution in [3.05, 3.63) is 65.2 Å². The van der Waals surface area contributed by atoms with Gasteiger partial charge in [-0.3, -0.25) is 0 Å². The summed E-state index contributed by atoms with van der Waals surface area (Å²) in [6.45, 7) is 3.56. The number of benzene rings is 2. The van der Waals surface area contributed by atoms with Crippen LogP contribution in [0.15, 0.2) is 54.1 Å². The van der Waals surface area contributed by atoms with E-state index in [0.29, 0.717) is 33.9 Å². The summed E-state index contributed by atoms with van der Waals surface area (Å²) in [6, 6.07) is 13.3. The summed E-state index contributed by atoms with van der Waals surface area (Å²) >= 11 is 0. The lowest BCUT2D eigenvalue weighted by atomic mass is 9.92. The Hall–Kier alpha value is -3.48. The Morgan fingerprint density at radius 3 is 2.31 bits per heavy atom. The molecule has 7 nitrogen and oxygen atoms in total. The SMILES string of the molecule is COc1ccc([C@H]2NC(=O)NC(c3ccccc3)=C2C(=O)OC(C)C)cc1OC. The fourth-order valence-corrected chi connectivity index (χ4v) is 3.18. The van der Waals surface area contributed by atoms with Gasteiger partial charge in [-0.2, -0.15) is 0 Å². The van der Waals surface area contributed by atoms with Gasteiger partial charge in [0.2, 0.25) is 0 Å². The minimum atomic E-state index is -0.718. The van der Waals surface area contributed by atoms with Crippen molar-refractivity contribution in [2.75, 3.05) is 14.2 Å². The Morgan fingerprint density at radius 2 is 1.69 bits per heavy atom. The number of nitrogens with one attached hydrogen (secondary N) is 2. The number of carbonyl (C=O) groups excluding carboxylic acids is 2. The Balaban J connectivity index is 2.18. The van der Waals surface area contributed by atoms with E-state index in [-0.39, 0.29) is 6.10 Å². The molecule has 0 spiro atoms. The van der Waals surface area contributed by atoms with Crippen LogP contribution in [0.4, 0.5) is 4.79 Å². The number of urea groups is 1. The second-order valence-electron chi connectivity index (χ2n) is 6.75. The highest BCUT2D eigenvalue weighted by atomic mass is 16.5. The lowest BCUT2D eigenvalue weighted by Crippen LogP contribution is -2.45. The molecule has 0 saturated heterocycles. The molecule has 0 aliphatic carbocycles. The van der Waals surface area contributed by atoms with Gasteiger partial charge in [-0.15, -0.1) is 0 Å². The van der Waals surface area contributed by atoms with Gasteiger partial charge < -0.3 is 24.8 Å². The quantitative estimate of drug-likeness (QED) is 0.731. The standard InChI is InChI=1S/C22H24N2O5/c1-13(2)29-21(25)18-19(14-8-6-5-7-9-14)23-22(26)24-20(18)15-10-11-16(27-3)17(12-15)28-4/h5-13,20H,1-4H3,(H2,23,24,26)/t20-/m1/s1. The molecule has 2 amide bonds. The number of hydrogen-bond donors (Lipinski definition) is 2. The number of amides is 2. The molecule has 0 bridgehead atoms. The molecule has 1 atom stereocenters. The lowest BCUT2D eigenvalue weighted by molar-refractivity contribution is -0.143. The minimum absolute atomic E-state index is 0.310. The zero-order valence-corrected chi connectivity index (χ0v) is 16.8. The van der Waals surface area contributed by atoms with Crippen LogP contribution in [-0.2, 0) is 9.53 Å². The summed E-state index contributed by atoms with van der Waals surface area (Å²) in [5.41, 5.74) is 2.11. The van der Waals surface area contributed by atoms with Crippen molar-refractivity contribution in [2.45, 2.75) is 26.0 Å². The lowest BCUT2D eigenvalue weighted by Gasteiger charge is -2.30. The van der Waals surface area contributed by atoms with E-state index < -0.39 is 18.0 Å². The van der Waals surface area contributed by atoms with E-state index in [1.165, 1.54) is 7.11 Å². The van der Waals surface area contributed by atoms with Crippen LogP contribution < -0.4 is 20.1 Å². The summed E-state index contributed by atoms with van der Waals surface area (Å²) in [5, 5.41) is 5.58. The van der Waals surface area contributed by atoms with Gasteiger partial charge in [-0.1, -0.05) is 36.4 Å². The van der Waals surface area contributed by atoms with Gasteiger partial charge in [0, 0.05) is 0 Å². The van der Waals surface area contributed by atoms with E-state index in [1.807, 2.05) is 30.3 Å². The molecule has 1 heterocycles. The Labute approximate surface area is 169 Å². The molecule has 7 heteroatoms. The second-order valence-corrected chi connectivity index (χ2v) is 6.75. The largest absolute Gasteiger partial charge is 0.493 e. The summed E-state index contributed by atoms with van der Waals surface area (Å²) in [6.07, 6.45) is -0.310. The third kappa shape index (κ3) is 4.34. The van der Waals surface area contributed by atoms with Crippen molar-refractivity contribution in [2.24, 2.45) is 0 Å². The average Bonchev–Trinajstić information content (AvgIpc) is 2.72. The highest BCUT2D eigenvalue weighted by molar-refractivity contribution is 6.04. The van der Waals surface area contributed by atoms with Gasteiger partial charge in [-0.05, 0) is 37.1 Å². The Bertz CT molecular complexity index is 937. The molecule has 0 aromatic heterocycles. The van der Waals surface area contributed by atoms with Crippen LogP contribution in [0.2, 0.25) is 0 Å². The zero-order chi connectivity index (χ0) is 21.0. The average molecular weight is 396 g/mol. The molecule has 3 rings (SSSR count). The first-order chi connectivity index (χ1) is 13.9. The van der Waals surface area contributed by atoms with E-state index in [9.17, 15) is 9.59 Å². The fraction of sp³-hybridized carbons (Fsp3) is 0.273. The van der Waals surface area contributed by atoms with Crippen LogP contribution in [0, 0.1) is 0 Å². The van der Waals surface area contributed by atoms with Crippen molar-refractivity contribution in [1.82, 2.24) is 10.6 Å². The van der Waals surface area contributed by atoms with Crippen molar-refractivity contribution < 1.29 is 23.8 Å². The highest BCUT2D eigenvalue weighted by Crippen LogP contribution is 2.36. The number of methoxy groups -OCH3 is 2. The van der Waals surface area contributed by atoms with Crippen molar-refractivity contribution in [3.8, 4) is 11.5 Å². The number of hydrogen-bond acceptors (Lipinski definition) is 5. The predicted octanol–water partition coefficient (Wildman–Crippen LogP) is 3.42. The van der Waals surface area contributed by atoms with E-state index >= 15 is 0 Å². The molecule has 152 valence electrons. The molecule has 1 aliphatic rings. The summed E-state index contributed by atoms with van der Waals surface area (Å²) in [4.78, 5) is 25.5. The van der Waals surface area contributed by atoms with Crippen LogP contribution in [0.3, 0.4) is 0 Å². The number of rotatable bonds is 6. The van der Waals surface area contributed by atoms with Crippen LogP contribution in [-0.4, -0.2) is 32.3 Å². The maximum Gasteiger partial charge on any atom is 0.338 e. The van der Waals surface area contributed by atoms with Gasteiger partial charge in [0.25, 0.3) is 0 Å². The number of esters is 1. The second kappa shape index (κ2) is 8.68. The van der Waals surface area contributed by atoms with Crippen molar-refractivity contribution in [1.29, 1.82) is 0 Å². The number of ether oxygens (including phenoxy) is 3. The minimum Gasteiger partial charge on any atom is -0.493 e. The van der Waals surface area contributed by atoms with Gasteiger partial charge >= 0.3 is 12.0 Å². The third-order valence-corrected chi connectivity index (χ3v) is 4.44. The molecule has 0 saturated carbocycles. The molecule has 0 radical (unpaired) electrons. The molecule has 0 unspecified atom stereocenters. The normalized spacial score (nSPS) is 16.2. The van der Waals surface area contributed by atoms with Gasteiger partial charge in [0.15, 0.2) is 11.5 Å². The highest BCUT2D eigenvalue weighted by Gasteiger charge is 2.35. The summed E-state index contributed by atoms with van der Waals surface area (Å²) < 4.78 is 16.2. The summed E-state index contributed by atoms with van der Waals surface area (Å²) in [5.74, 6) is 0.539. The topological polar surface area (TPSA) is 85.9 Å². The van der Waals surface area contributed by atoms with Crippen LogP contribution in [0.5, 0.6) is 11.5 Å². The number of carbonyl (C=O) groups is 2. The summed E-state index contributed by atoms with van der Waals surface area (Å²) in [7, 11) is 3.07. The molecule has 2 N–H and O–H groups in total. The zero-order valence-electron chi connectivity index (χ0n) is 16.8. The van der Waals surface area contributed by atoms with Gasteiger partial charge in [-0.25, -0.2) is 9.59 Å². The van der Waals surface area contributed by atoms with Crippen molar-refractivity contribution in [3.63, 3.8) is 0 Å². The van der Waals surface area contributed by atoms with Crippen LogP contribution in [0.25, 0.3) is 5.70 Å². The molecule has 0 fully saturated rings. The predicted molar refractivity (Wildman–Crippen MR) is 109 cm³/mol. The van der Waals surface area contributed by atoms with Crippen LogP contribution >= 0.6 is 0 Å². The molecular weight excluding hydrogens is 372 g/mol. The smallest absolute Gasteiger partial charge is 0.338 e. The van der Waals surface area contributed by atoms with E-state index in [4.69, 9.17) is 14.2 Å². The van der Waals surface area contributed by atoms with Crippen molar-refractivity contribution >= 4 is 17.7 Å². The van der Waals surface area contributed by atoms with E-state index in [0.717, 1.165) is 0 Å². The Morgan fingerprint density at radius 1 is 1.00 bits per heavy atom. The molecular formula is C22H24N2O5. The molecule has 29 heavy (non-hydrogen) atoms.